The minimum atomic E-state index is 0.0713. The Labute approximate surface area is 147 Å². The molecule has 0 aliphatic carbocycles. The minimum absolute atomic E-state index is 0.0713. The van der Waals surface area contributed by atoms with Crippen LogP contribution in [0.1, 0.15) is 43.1 Å². The molecule has 3 rings (SSSR count). The van der Waals surface area contributed by atoms with Gasteiger partial charge in [0.25, 0.3) is 0 Å². The average molecular weight is 344 g/mol. The molecule has 0 spiro atoms. The van der Waals surface area contributed by atoms with Crippen molar-refractivity contribution < 1.29 is 9.32 Å². The molecule has 1 unspecified atom stereocenters. The number of carbonyl (C=O) groups is 1. The molecule has 1 N–H and O–H groups in total. The van der Waals surface area contributed by atoms with Gasteiger partial charge < -0.3 is 14.7 Å². The summed E-state index contributed by atoms with van der Waals surface area (Å²) in [7, 11) is 0. The van der Waals surface area contributed by atoms with Gasteiger partial charge in [-0.3, -0.25) is 4.79 Å². The van der Waals surface area contributed by atoms with Gasteiger partial charge in [-0.25, -0.2) is 9.97 Å². The highest BCUT2D eigenvalue weighted by molar-refractivity contribution is 5.76. The molecular formula is C17H24N6O2. The number of hydrogen-bond donors (Lipinski definition) is 1. The minimum Gasteiger partial charge on any atom is -0.354 e. The summed E-state index contributed by atoms with van der Waals surface area (Å²) in [6.45, 7) is 5.48. The quantitative estimate of drug-likeness (QED) is 0.849. The van der Waals surface area contributed by atoms with Crippen molar-refractivity contribution in [2.24, 2.45) is 0 Å². The third kappa shape index (κ3) is 4.98. The summed E-state index contributed by atoms with van der Waals surface area (Å²) in [5.74, 6) is 2.22. The van der Waals surface area contributed by atoms with Gasteiger partial charge in [0, 0.05) is 43.7 Å². The second-order valence-corrected chi connectivity index (χ2v) is 6.46. The lowest BCUT2D eigenvalue weighted by atomic mass is 10.1. The number of carbonyl (C=O) groups excluding carboxylic acids is 1. The van der Waals surface area contributed by atoms with Gasteiger partial charge >= 0.3 is 0 Å². The van der Waals surface area contributed by atoms with Crippen LogP contribution in [0.25, 0.3) is 0 Å². The van der Waals surface area contributed by atoms with E-state index in [0.29, 0.717) is 31.0 Å². The van der Waals surface area contributed by atoms with Crippen LogP contribution in [0.5, 0.6) is 0 Å². The summed E-state index contributed by atoms with van der Waals surface area (Å²) in [5, 5.41) is 6.88. The molecule has 8 nitrogen and oxygen atoms in total. The van der Waals surface area contributed by atoms with Crippen molar-refractivity contribution in [2.45, 2.75) is 52.0 Å². The van der Waals surface area contributed by atoms with Crippen molar-refractivity contribution in [3.05, 3.63) is 29.8 Å². The van der Waals surface area contributed by atoms with Gasteiger partial charge in [0.15, 0.2) is 5.82 Å². The zero-order valence-corrected chi connectivity index (χ0v) is 14.7. The number of nitrogens with zero attached hydrogens (tertiary/aromatic N) is 5. The van der Waals surface area contributed by atoms with E-state index in [4.69, 9.17) is 4.52 Å². The first-order valence-corrected chi connectivity index (χ1v) is 8.72. The number of aryl methyl sites for hydroxylation is 3. The first-order valence-electron chi connectivity index (χ1n) is 8.72. The van der Waals surface area contributed by atoms with Crippen molar-refractivity contribution in [3.8, 4) is 0 Å². The average Bonchev–Trinajstić information content (AvgIpc) is 3.00. The molecule has 2 aromatic heterocycles. The van der Waals surface area contributed by atoms with Gasteiger partial charge in [-0.05, 0) is 33.1 Å². The molecule has 0 aromatic carbocycles. The van der Waals surface area contributed by atoms with E-state index in [0.717, 1.165) is 37.4 Å². The van der Waals surface area contributed by atoms with E-state index in [1.54, 1.807) is 13.3 Å². The lowest BCUT2D eigenvalue weighted by Crippen LogP contribution is -2.48. The molecular weight excluding hydrogens is 320 g/mol. The molecule has 0 saturated carbocycles. The molecule has 1 atom stereocenters. The normalized spacial score (nSPS) is 17.5. The van der Waals surface area contributed by atoms with Crippen LogP contribution in [-0.4, -0.2) is 45.1 Å². The fraction of sp³-hybridized carbons (Fsp3) is 0.588. The topological polar surface area (TPSA) is 97.0 Å². The summed E-state index contributed by atoms with van der Waals surface area (Å²) in [6.07, 6.45) is 5.42. The number of aromatic nitrogens is 4. The molecule has 0 bridgehead atoms. The molecule has 0 radical (unpaired) electrons. The highest BCUT2D eigenvalue weighted by Crippen LogP contribution is 2.18. The summed E-state index contributed by atoms with van der Waals surface area (Å²) < 4.78 is 5.06. The van der Waals surface area contributed by atoms with Gasteiger partial charge in [-0.2, -0.15) is 4.98 Å². The van der Waals surface area contributed by atoms with Crippen LogP contribution in [0.15, 0.2) is 16.9 Å². The summed E-state index contributed by atoms with van der Waals surface area (Å²) in [5.41, 5.74) is 0.951. The number of anilines is 1. The van der Waals surface area contributed by atoms with Gasteiger partial charge in [-0.15, -0.1) is 0 Å². The number of hydrogen-bond acceptors (Lipinski definition) is 7. The van der Waals surface area contributed by atoms with Crippen molar-refractivity contribution in [1.82, 2.24) is 25.4 Å². The fourth-order valence-corrected chi connectivity index (χ4v) is 3.06. The first-order chi connectivity index (χ1) is 12.1. The van der Waals surface area contributed by atoms with Gasteiger partial charge in [-0.1, -0.05) is 5.16 Å². The molecule has 3 heterocycles. The monoisotopic (exact) mass is 344 g/mol. The van der Waals surface area contributed by atoms with E-state index in [2.05, 4.69) is 30.3 Å². The zero-order valence-electron chi connectivity index (χ0n) is 14.7. The lowest BCUT2D eigenvalue weighted by molar-refractivity contribution is -0.121. The smallest absolute Gasteiger partial charge is 0.226 e. The molecule has 1 amide bonds. The Bertz CT molecular complexity index is 717. The maximum atomic E-state index is 12.2. The molecule has 25 heavy (non-hydrogen) atoms. The fourth-order valence-electron chi connectivity index (χ4n) is 3.06. The number of rotatable bonds is 6. The molecule has 1 saturated heterocycles. The van der Waals surface area contributed by atoms with Gasteiger partial charge in [0.05, 0.1) is 0 Å². The second kappa shape index (κ2) is 8.04. The zero-order chi connectivity index (χ0) is 17.6. The second-order valence-electron chi connectivity index (χ2n) is 6.46. The maximum Gasteiger partial charge on any atom is 0.226 e. The molecule has 1 aliphatic heterocycles. The van der Waals surface area contributed by atoms with E-state index in [1.165, 1.54) is 0 Å². The Morgan fingerprint density at radius 2 is 2.28 bits per heavy atom. The molecule has 1 aliphatic rings. The third-order valence-corrected chi connectivity index (χ3v) is 4.26. The predicted molar refractivity (Wildman–Crippen MR) is 92.1 cm³/mol. The third-order valence-electron chi connectivity index (χ3n) is 4.26. The van der Waals surface area contributed by atoms with Crippen LogP contribution in [0.4, 0.5) is 5.82 Å². The van der Waals surface area contributed by atoms with Crippen molar-refractivity contribution >= 4 is 11.7 Å². The lowest BCUT2D eigenvalue weighted by Gasteiger charge is -2.34. The standard InChI is InChI=1S/C17H24N6O2/c1-12-9-15(19-11-18-12)23-8-4-5-14(10-23)21-16(24)6-3-7-17-20-13(2)22-25-17/h9,11,14H,3-8,10H2,1-2H3,(H,21,24). The Morgan fingerprint density at radius 3 is 3.04 bits per heavy atom. The number of piperidine rings is 1. The van der Waals surface area contributed by atoms with E-state index in [1.807, 2.05) is 13.0 Å². The Morgan fingerprint density at radius 1 is 1.40 bits per heavy atom. The van der Waals surface area contributed by atoms with Crippen LogP contribution in [0.2, 0.25) is 0 Å². The summed E-state index contributed by atoms with van der Waals surface area (Å²) in [6, 6.07) is 2.14. The van der Waals surface area contributed by atoms with Crippen molar-refractivity contribution in [2.75, 3.05) is 18.0 Å². The van der Waals surface area contributed by atoms with E-state index < -0.39 is 0 Å². The Balaban J connectivity index is 1.44. The highest BCUT2D eigenvalue weighted by Gasteiger charge is 2.22. The molecule has 8 heteroatoms. The molecule has 2 aromatic rings. The van der Waals surface area contributed by atoms with Crippen LogP contribution in [0.3, 0.4) is 0 Å². The van der Waals surface area contributed by atoms with E-state index in [9.17, 15) is 4.79 Å². The largest absolute Gasteiger partial charge is 0.354 e. The van der Waals surface area contributed by atoms with Crippen molar-refractivity contribution in [3.63, 3.8) is 0 Å². The molecule has 134 valence electrons. The van der Waals surface area contributed by atoms with Crippen LogP contribution in [0, 0.1) is 13.8 Å². The Kier molecular flexibility index (Phi) is 5.57. The van der Waals surface area contributed by atoms with Crippen molar-refractivity contribution in [1.29, 1.82) is 0 Å². The molecule has 1 fully saturated rings. The predicted octanol–water partition coefficient (Wildman–Crippen LogP) is 1.58. The first kappa shape index (κ1) is 17.3. The van der Waals surface area contributed by atoms with Gasteiger partial charge in [0.1, 0.15) is 12.1 Å². The van der Waals surface area contributed by atoms with Crippen LogP contribution >= 0.6 is 0 Å². The summed E-state index contributed by atoms with van der Waals surface area (Å²) >= 11 is 0. The van der Waals surface area contributed by atoms with Crippen LogP contribution < -0.4 is 10.2 Å². The van der Waals surface area contributed by atoms with Gasteiger partial charge in [0.2, 0.25) is 11.8 Å². The summed E-state index contributed by atoms with van der Waals surface area (Å²) in [4.78, 5) is 27.0. The number of nitrogens with one attached hydrogen (secondary N) is 1. The maximum absolute atomic E-state index is 12.2. The van der Waals surface area contributed by atoms with E-state index in [-0.39, 0.29) is 11.9 Å². The van der Waals surface area contributed by atoms with E-state index >= 15 is 0 Å². The highest BCUT2D eigenvalue weighted by atomic mass is 16.5. The van der Waals surface area contributed by atoms with Crippen LogP contribution in [-0.2, 0) is 11.2 Å². The Hall–Kier alpha value is -2.51. The SMILES string of the molecule is Cc1cc(N2CCCC(NC(=O)CCCc3nc(C)no3)C2)ncn1. The number of amides is 1.